The van der Waals surface area contributed by atoms with Crippen molar-refractivity contribution in [3.63, 3.8) is 0 Å². The van der Waals surface area contributed by atoms with Crippen LogP contribution in [0.5, 0.6) is 0 Å². The molecule has 1 aromatic heterocycles. The second-order valence-corrected chi connectivity index (χ2v) is 3.90. The van der Waals surface area contributed by atoms with Gasteiger partial charge < -0.3 is 4.57 Å². The summed E-state index contributed by atoms with van der Waals surface area (Å²) in [7, 11) is 0. The maximum absolute atomic E-state index is 8.88. The van der Waals surface area contributed by atoms with Crippen LogP contribution in [-0.4, -0.2) is 9.55 Å². The minimum Gasteiger partial charge on any atom is -0.327 e. The Hall–Kier alpha value is -1.24. The molecule has 0 saturated carbocycles. The smallest absolute Gasteiger partial charge is 0.124 e. The van der Waals surface area contributed by atoms with Crippen LogP contribution in [0.4, 0.5) is 0 Å². The van der Waals surface area contributed by atoms with Crippen molar-refractivity contribution < 1.29 is 0 Å². The van der Waals surface area contributed by atoms with E-state index >= 15 is 0 Å². The fourth-order valence-corrected chi connectivity index (χ4v) is 2.02. The average molecular weight is 270 g/mol. The van der Waals surface area contributed by atoms with E-state index in [1.807, 2.05) is 12.1 Å². The lowest BCUT2D eigenvalue weighted by atomic mass is 10.2. The van der Waals surface area contributed by atoms with Crippen LogP contribution >= 0.6 is 24.0 Å². The van der Waals surface area contributed by atoms with Gasteiger partial charge in [-0.3, -0.25) is 0 Å². The van der Waals surface area contributed by atoms with Crippen LogP contribution in [0.1, 0.15) is 24.7 Å². The van der Waals surface area contributed by atoms with Crippen molar-refractivity contribution in [3.05, 3.63) is 29.6 Å². The predicted molar refractivity (Wildman–Crippen MR) is 71.5 cm³/mol. The molecule has 2 aromatic rings. The molecule has 2 rings (SSSR count). The Balaban J connectivity index is 0.00000144. The third kappa shape index (κ3) is 2.54. The molecule has 0 radical (unpaired) electrons. The number of nitrogens with zero attached hydrogens (tertiary/aromatic N) is 3. The van der Waals surface area contributed by atoms with Gasteiger partial charge in [-0.05, 0) is 24.6 Å². The summed E-state index contributed by atoms with van der Waals surface area (Å²) in [6.07, 6.45) is 1.02. The van der Waals surface area contributed by atoms with Crippen LogP contribution in [0.25, 0.3) is 11.0 Å². The molecule has 5 heteroatoms. The molecule has 90 valence electrons. The summed E-state index contributed by atoms with van der Waals surface area (Å²) in [5.74, 6) is 1.27. The number of rotatable bonds is 3. The van der Waals surface area contributed by atoms with Crippen molar-refractivity contribution in [2.45, 2.75) is 25.8 Å². The van der Waals surface area contributed by atoms with Gasteiger partial charge >= 0.3 is 0 Å². The highest BCUT2D eigenvalue weighted by Gasteiger charge is 2.09. The second-order valence-electron chi connectivity index (χ2n) is 3.63. The van der Waals surface area contributed by atoms with Gasteiger partial charge in [0.2, 0.25) is 0 Å². The molecule has 0 aliphatic rings. The summed E-state index contributed by atoms with van der Waals surface area (Å²) >= 11 is 5.86. The maximum atomic E-state index is 8.88. The summed E-state index contributed by atoms with van der Waals surface area (Å²) in [5, 5.41) is 8.88. The standard InChI is InChI=1S/C12H12ClN3.ClH/c1-2-5-16-11-6-9(8-14)3-4-10(11)15-12(16)7-13;/h3-4,6H,2,5,7H2,1H3;1H. The lowest BCUT2D eigenvalue weighted by Gasteiger charge is -2.04. The number of fused-ring (bicyclic) bond motifs is 1. The van der Waals surface area contributed by atoms with Crippen LogP contribution in [-0.2, 0) is 12.4 Å². The Morgan fingerprint density at radius 2 is 2.24 bits per heavy atom. The van der Waals surface area contributed by atoms with Crippen LogP contribution in [0, 0.1) is 11.3 Å². The predicted octanol–water partition coefficient (Wildman–Crippen LogP) is 3.48. The molecular formula is C12H13Cl2N3. The van der Waals surface area contributed by atoms with E-state index in [-0.39, 0.29) is 12.4 Å². The molecule has 0 saturated heterocycles. The van der Waals surface area contributed by atoms with Crippen LogP contribution in [0.3, 0.4) is 0 Å². The molecule has 3 nitrogen and oxygen atoms in total. The molecule has 0 spiro atoms. The Morgan fingerprint density at radius 3 is 2.82 bits per heavy atom. The molecule has 0 fully saturated rings. The number of imidazole rings is 1. The largest absolute Gasteiger partial charge is 0.327 e. The quantitative estimate of drug-likeness (QED) is 0.801. The van der Waals surface area contributed by atoms with Crippen molar-refractivity contribution in [1.82, 2.24) is 9.55 Å². The number of nitriles is 1. The highest BCUT2D eigenvalue weighted by atomic mass is 35.5. The van der Waals surface area contributed by atoms with Gasteiger partial charge in [0.05, 0.1) is 28.5 Å². The fraction of sp³-hybridized carbons (Fsp3) is 0.333. The summed E-state index contributed by atoms with van der Waals surface area (Å²) in [6, 6.07) is 7.66. The van der Waals surface area contributed by atoms with Gasteiger partial charge in [0.15, 0.2) is 0 Å². The molecule has 1 aromatic carbocycles. The van der Waals surface area contributed by atoms with Crippen LogP contribution in [0.2, 0.25) is 0 Å². The second kappa shape index (κ2) is 5.90. The topological polar surface area (TPSA) is 41.6 Å². The normalized spacial score (nSPS) is 9.94. The zero-order valence-electron chi connectivity index (χ0n) is 9.48. The van der Waals surface area contributed by atoms with Crippen molar-refractivity contribution >= 4 is 35.0 Å². The SMILES string of the molecule is CCCn1c(CCl)nc2ccc(C#N)cc21.Cl. The maximum Gasteiger partial charge on any atom is 0.124 e. The highest BCUT2D eigenvalue weighted by Crippen LogP contribution is 2.19. The fourth-order valence-electron chi connectivity index (χ4n) is 1.82. The van der Waals surface area contributed by atoms with E-state index in [1.165, 1.54) is 0 Å². The lowest BCUT2D eigenvalue weighted by Crippen LogP contribution is -2.01. The Morgan fingerprint density at radius 1 is 1.47 bits per heavy atom. The molecule has 0 aliphatic carbocycles. The summed E-state index contributed by atoms with van der Waals surface area (Å²) in [6.45, 7) is 2.99. The van der Waals surface area contributed by atoms with Gasteiger partial charge in [0.1, 0.15) is 5.82 Å². The van der Waals surface area contributed by atoms with Gasteiger partial charge in [-0.15, -0.1) is 24.0 Å². The summed E-state index contributed by atoms with van der Waals surface area (Å²) < 4.78 is 2.09. The van der Waals surface area contributed by atoms with Crippen LogP contribution in [0.15, 0.2) is 18.2 Å². The molecule has 0 aliphatic heterocycles. The zero-order valence-corrected chi connectivity index (χ0v) is 11.1. The first kappa shape index (κ1) is 13.8. The minimum atomic E-state index is 0. The number of hydrogen-bond donors (Lipinski definition) is 0. The van der Waals surface area contributed by atoms with Crippen molar-refractivity contribution in [2.24, 2.45) is 0 Å². The summed E-state index contributed by atoms with van der Waals surface area (Å²) in [4.78, 5) is 4.45. The van der Waals surface area contributed by atoms with E-state index in [2.05, 4.69) is 22.5 Å². The van der Waals surface area contributed by atoms with Gasteiger partial charge in [0, 0.05) is 6.54 Å². The van der Waals surface area contributed by atoms with E-state index in [0.29, 0.717) is 11.4 Å². The number of aromatic nitrogens is 2. The third-order valence-corrected chi connectivity index (χ3v) is 2.76. The van der Waals surface area contributed by atoms with Crippen molar-refractivity contribution in [2.75, 3.05) is 0 Å². The molecule has 17 heavy (non-hydrogen) atoms. The van der Waals surface area contributed by atoms with Crippen molar-refractivity contribution in [3.8, 4) is 6.07 Å². The molecule has 0 atom stereocenters. The molecule has 0 amide bonds. The first-order valence-corrected chi connectivity index (χ1v) is 5.78. The Kier molecular flexibility index (Phi) is 4.80. The lowest BCUT2D eigenvalue weighted by molar-refractivity contribution is 0.672. The summed E-state index contributed by atoms with van der Waals surface area (Å²) in [5.41, 5.74) is 2.56. The number of aryl methyl sites for hydroxylation is 1. The van der Waals surface area contributed by atoms with Gasteiger partial charge in [-0.1, -0.05) is 6.92 Å². The first-order chi connectivity index (χ1) is 7.80. The van der Waals surface area contributed by atoms with Crippen molar-refractivity contribution in [1.29, 1.82) is 5.26 Å². The minimum absolute atomic E-state index is 0. The van der Waals surface area contributed by atoms with E-state index in [9.17, 15) is 0 Å². The van der Waals surface area contributed by atoms with E-state index in [0.717, 1.165) is 29.8 Å². The van der Waals surface area contributed by atoms with Gasteiger partial charge in [0.25, 0.3) is 0 Å². The number of hydrogen-bond acceptors (Lipinski definition) is 2. The molecule has 0 N–H and O–H groups in total. The number of benzene rings is 1. The van der Waals surface area contributed by atoms with Gasteiger partial charge in [-0.2, -0.15) is 5.26 Å². The average Bonchev–Trinajstić information content (AvgIpc) is 2.67. The molecule has 0 unspecified atom stereocenters. The number of halogens is 2. The Labute approximate surface area is 111 Å². The van der Waals surface area contributed by atoms with Crippen LogP contribution < -0.4 is 0 Å². The van der Waals surface area contributed by atoms with E-state index in [1.54, 1.807) is 6.07 Å². The van der Waals surface area contributed by atoms with E-state index < -0.39 is 0 Å². The molecular weight excluding hydrogens is 257 g/mol. The Bertz CT molecular complexity index is 555. The van der Waals surface area contributed by atoms with Gasteiger partial charge in [-0.25, -0.2) is 4.98 Å². The van der Waals surface area contributed by atoms with E-state index in [4.69, 9.17) is 16.9 Å². The number of alkyl halides is 1. The monoisotopic (exact) mass is 269 g/mol. The highest BCUT2D eigenvalue weighted by molar-refractivity contribution is 6.16. The molecule has 0 bridgehead atoms. The molecule has 1 heterocycles. The zero-order chi connectivity index (χ0) is 11.5. The third-order valence-electron chi connectivity index (χ3n) is 2.52. The first-order valence-electron chi connectivity index (χ1n) is 5.25.